The topological polar surface area (TPSA) is 72.0 Å². The van der Waals surface area contributed by atoms with Crippen molar-refractivity contribution in [2.75, 3.05) is 24.3 Å². The number of nitrogens with zero attached hydrogens (tertiary/aromatic N) is 3. The maximum atomic E-state index is 6.01. The lowest BCUT2D eigenvalue weighted by Crippen LogP contribution is -2.12. The molecule has 6 nitrogen and oxygen atoms in total. The Hall–Kier alpha value is -2.08. The zero-order chi connectivity index (χ0) is 15.2. The van der Waals surface area contributed by atoms with Gasteiger partial charge < -0.3 is 15.4 Å². The first-order chi connectivity index (χ1) is 10.1. The summed E-state index contributed by atoms with van der Waals surface area (Å²) < 4.78 is 5.33. The summed E-state index contributed by atoms with van der Waals surface area (Å²) in [6.45, 7) is 4.38. The summed E-state index contributed by atoms with van der Waals surface area (Å²) in [6.07, 6.45) is 0. The highest BCUT2D eigenvalue weighted by Gasteiger charge is 2.11. The number of anilines is 2. The van der Waals surface area contributed by atoms with E-state index < -0.39 is 0 Å². The maximum absolute atomic E-state index is 6.01. The van der Waals surface area contributed by atoms with Crippen molar-refractivity contribution in [2.45, 2.75) is 19.9 Å². The second kappa shape index (κ2) is 7.08. The summed E-state index contributed by atoms with van der Waals surface area (Å²) >= 11 is 6.01. The highest BCUT2D eigenvalue weighted by atomic mass is 35.5. The summed E-state index contributed by atoms with van der Waals surface area (Å²) in [4.78, 5) is 12.6. The van der Waals surface area contributed by atoms with Crippen LogP contribution >= 0.6 is 11.6 Å². The minimum Gasteiger partial charge on any atom is -0.464 e. The van der Waals surface area contributed by atoms with Crippen LogP contribution in [-0.2, 0) is 0 Å². The second-order valence-electron chi connectivity index (χ2n) is 4.37. The fourth-order valence-corrected chi connectivity index (χ4v) is 1.98. The largest absolute Gasteiger partial charge is 0.464 e. The molecule has 0 aliphatic rings. The number of halogens is 1. The molecule has 1 aromatic carbocycles. The molecule has 0 fully saturated rings. The van der Waals surface area contributed by atoms with Crippen LogP contribution in [0.2, 0.25) is 5.02 Å². The number of hydrogen-bond donors (Lipinski definition) is 2. The van der Waals surface area contributed by atoms with Crippen molar-refractivity contribution in [1.82, 2.24) is 15.0 Å². The highest BCUT2D eigenvalue weighted by Crippen LogP contribution is 2.21. The smallest absolute Gasteiger partial charge is 0.323 e. The van der Waals surface area contributed by atoms with Gasteiger partial charge in [0.1, 0.15) is 0 Å². The molecule has 2 rings (SSSR count). The zero-order valence-corrected chi connectivity index (χ0v) is 13.0. The van der Waals surface area contributed by atoms with Gasteiger partial charge in [0.05, 0.1) is 12.6 Å². The first kappa shape index (κ1) is 15.3. The first-order valence-corrected chi connectivity index (χ1v) is 7.08. The van der Waals surface area contributed by atoms with Gasteiger partial charge in [-0.25, -0.2) is 0 Å². The molecule has 0 aliphatic carbocycles. The van der Waals surface area contributed by atoms with Crippen molar-refractivity contribution in [3.63, 3.8) is 0 Å². The van der Waals surface area contributed by atoms with E-state index in [0.29, 0.717) is 23.5 Å². The summed E-state index contributed by atoms with van der Waals surface area (Å²) in [5, 5.41) is 6.80. The van der Waals surface area contributed by atoms with Crippen LogP contribution in [-0.4, -0.2) is 28.6 Å². The quantitative estimate of drug-likeness (QED) is 0.854. The molecule has 1 aromatic heterocycles. The van der Waals surface area contributed by atoms with Gasteiger partial charge in [0.15, 0.2) is 0 Å². The van der Waals surface area contributed by atoms with E-state index in [9.17, 15) is 0 Å². The third-order valence-corrected chi connectivity index (χ3v) is 3.04. The van der Waals surface area contributed by atoms with Crippen molar-refractivity contribution in [3.05, 3.63) is 34.9 Å². The molecule has 0 aliphatic heterocycles. The number of nitrogens with one attached hydrogen (secondary N) is 2. The fraction of sp³-hybridized carbons (Fsp3) is 0.357. The Morgan fingerprint density at radius 1 is 1.24 bits per heavy atom. The summed E-state index contributed by atoms with van der Waals surface area (Å²) in [7, 11) is 1.75. The summed E-state index contributed by atoms with van der Waals surface area (Å²) in [5.41, 5.74) is 1.05. The predicted molar refractivity (Wildman–Crippen MR) is 84.0 cm³/mol. The number of hydrogen-bond acceptors (Lipinski definition) is 6. The molecule has 7 heteroatoms. The summed E-state index contributed by atoms with van der Waals surface area (Å²) in [5.74, 6) is 0.902. The van der Waals surface area contributed by atoms with E-state index in [4.69, 9.17) is 16.3 Å². The van der Waals surface area contributed by atoms with Gasteiger partial charge in [0, 0.05) is 12.1 Å². The second-order valence-corrected chi connectivity index (χ2v) is 4.81. The molecule has 2 aromatic rings. The lowest BCUT2D eigenvalue weighted by Gasteiger charge is -2.15. The molecule has 21 heavy (non-hydrogen) atoms. The van der Waals surface area contributed by atoms with Crippen molar-refractivity contribution < 1.29 is 4.74 Å². The van der Waals surface area contributed by atoms with Gasteiger partial charge in [-0.05, 0) is 31.5 Å². The Morgan fingerprint density at radius 2 is 2.00 bits per heavy atom. The van der Waals surface area contributed by atoms with Crippen molar-refractivity contribution in [1.29, 1.82) is 0 Å². The van der Waals surface area contributed by atoms with Crippen molar-refractivity contribution in [2.24, 2.45) is 0 Å². The SMILES string of the molecule is CCOc1nc(NC)nc(NC(C)c2cccc(Cl)c2)n1. The average Bonchev–Trinajstić information content (AvgIpc) is 2.47. The van der Waals surface area contributed by atoms with E-state index in [1.165, 1.54) is 0 Å². The molecule has 1 heterocycles. The van der Waals surface area contributed by atoms with E-state index >= 15 is 0 Å². The molecule has 0 spiro atoms. The molecular weight excluding hydrogens is 290 g/mol. The fourth-order valence-electron chi connectivity index (χ4n) is 1.78. The molecule has 0 saturated heterocycles. The minimum atomic E-state index is 0.00489. The normalized spacial score (nSPS) is 11.8. The molecular formula is C14H18ClN5O. The zero-order valence-electron chi connectivity index (χ0n) is 12.2. The van der Waals surface area contributed by atoms with Crippen LogP contribution in [0.4, 0.5) is 11.9 Å². The predicted octanol–water partition coefficient (Wildman–Crippen LogP) is 3.14. The van der Waals surface area contributed by atoms with Crippen LogP contribution in [0.5, 0.6) is 6.01 Å². The molecule has 1 atom stereocenters. The lowest BCUT2D eigenvalue weighted by molar-refractivity contribution is 0.312. The first-order valence-electron chi connectivity index (χ1n) is 6.71. The Bertz CT molecular complexity index is 608. The minimum absolute atomic E-state index is 0.00489. The van der Waals surface area contributed by atoms with Gasteiger partial charge >= 0.3 is 6.01 Å². The number of rotatable bonds is 6. The van der Waals surface area contributed by atoms with Gasteiger partial charge in [-0.1, -0.05) is 23.7 Å². The lowest BCUT2D eigenvalue weighted by atomic mass is 10.1. The Balaban J connectivity index is 2.19. The number of benzene rings is 1. The number of ether oxygens (including phenoxy) is 1. The molecule has 1 unspecified atom stereocenters. The Labute approximate surface area is 128 Å². The molecule has 0 saturated carbocycles. The van der Waals surface area contributed by atoms with Gasteiger partial charge in [0.25, 0.3) is 0 Å². The van der Waals surface area contributed by atoms with E-state index in [0.717, 1.165) is 5.56 Å². The average molecular weight is 308 g/mol. The van der Waals surface area contributed by atoms with Crippen molar-refractivity contribution in [3.8, 4) is 6.01 Å². The van der Waals surface area contributed by atoms with Gasteiger partial charge in [-0.2, -0.15) is 15.0 Å². The van der Waals surface area contributed by atoms with Crippen LogP contribution in [0.1, 0.15) is 25.5 Å². The van der Waals surface area contributed by atoms with Gasteiger partial charge in [-0.3, -0.25) is 0 Å². The molecule has 2 N–H and O–H groups in total. The Morgan fingerprint density at radius 3 is 2.67 bits per heavy atom. The van der Waals surface area contributed by atoms with Gasteiger partial charge in [0.2, 0.25) is 11.9 Å². The standard InChI is InChI=1S/C14H18ClN5O/c1-4-21-14-19-12(16-3)18-13(20-14)17-9(2)10-6-5-7-11(15)8-10/h5-9H,4H2,1-3H3,(H2,16,17,18,19,20). The molecule has 0 bridgehead atoms. The van der Waals surface area contributed by atoms with Crippen LogP contribution in [0.15, 0.2) is 24.3 Å². The summed E-state index contributed by atoms with van der Waals surface area (Å²) in [6, 6.07) is 7.94. The molecule has 0 radical (unpaired) electrons. The van der Waals surface area contributed by atoms with Crippen LogP contribution in [0.3, 0.4) is 0 Å². The third-order valence-electron chi connectivity index (χ3n) is 2.81. The maximum Gasteiger partial charge on any atom is 0.323 e. The molecule has 0 amide bonds. The number of aromatic nitrogens is 3. The van der Waals surface area contributed by atoms with Gasteiger partial charge in [-0.15, -0.1) is 0 Å². The van der Waals surface area contributed by atoms with E-state index in [2.05, 4.69) is 25.6 Å². The monoisotopic (exact) mass is 307 g/mol. The van der Waals surface area contributed by atoms with Crippen LogP contribution in [0.25, 0.3) is 0 Å². The molecule has 112 valence electrons. The van der Waals surface area contributed by atoms with Crippen molar-refractivity contribution >= 4 is 23.5 Å². The van der Waals surface area contributed by atoms with E-state index in [1.807, 2.05) is 38.1 Å². The Kier molecular flexibility index (Phi) is 5.16. The van der Waals surface area contributed by atoms with Crippen LogP contribution in [0, 0.1) is 0 Å². The van der Waals surface area contributed by atoms with Crippen LogP contribution < -0.4 is 15.4 Å². The van der Waals surface area contributed by atoms with E-state index in [-0.39, 0.29) is 12.1 Å². The van der Waals surface area contributed by atoms with E-state index in [1.54, 1.807) is 7.05 Å². The highest BCUT2D eigenvalue weighted by molar-refractivity contribution is 6.30. The third kappa shape index (κ3) is 4.19.